The molecule has 0 saturated carbocycles. The summed E-state index contributed by atoms with van der Waals surface area (Å²) >= 11 is 0. The van der Waals surface area contributed by atoms with E-state index in [1.807, 2.05) is 0 Å². The van der Waals surface area contributed by atoms with Crippen LogP contribution < -0.4 is 28.3 Å². The van der Waals surface area contributed by atoms with E-state index in [1.54, 1.807) is 0 Å². The summed E-state index contributed by atoms with van der Waals surface area (Å²) in [5.41, 5.74) is 21.1. The van der Waals surface area contributed by atoms with Crippen LogP contribution in [0.5, 0.6) is 0 Å². The quantitative estimate of drug-likeness (QED) is 0.145. The predicted molar refractivity (Wildman–Crippen MR) is 110 cm³/mol. The van der Waals surface area contributed by atoms with Crippen molar-refractivity contribution < 1.29 is 0 Å². The van der Waals surface area contributed by atoms with Crippen LogP contribution in [0.25, 0.3) is 0 Å². The molecule has 25 heavy (non-hydrogen) atoms. The number of nitrogens with two attached hydrogens (primary N) is 4. The van der Waals surface area contributed by atoms with Crippen molar-refractivity contribution in [2.45, 2.75) is 77.0 Å². The van der Waals surface area contributed by atoms with Gasteiger partial charge in [-0.25, -0.2) is 0 Å². The maximum Gasteiger partial charge on any atom is 0.185 e. The minimum atomic E-state index is 0.201. The van der Waals surface area contributed by atoms with Crippen molar-refractivity contribution in [2.75, 3.05) is 26.2 Å². The van der Waals surface area contributed by atoms with Gasteiger partial charge in [-0.05, 0) is 38.8 Å². The number of rotatable bonds is 18. The Hall–Kier alpha value is -1.50. The topological polar surface area (TPSA) is 141 Å². The molecule has 0 spiro atoms. The molecule has 0 aromatic rings. The number of aliphatic imine (C=N–C) groups is 2. The summed E-state index contributed by atoms with van der Waals surface area (Å²) in [6.07, 6.45) is 15.0. The third kappa shape index (κ3) is 22.5. The van der Waals surface area contributed by atoms with Crippen molar-refractivity contribution in [1.29, 1.82) is 0 Å². The molecule has 0 atom stereocenters. The molecule has 0 aromatic carbocycles. The third-order valence-electron chi connectivity index (χ3n) is 4.11. The molecule has 7 heteroatoms. The molecule has 148 valence electrons. The van der Waals surface area contributed by atoms with Gasteiger partial charge in [0.15, 0.2) is 11.9 Å². The Morgan fingerprint density at radius 3 is 1.16 bits per heavy atom. The van der Waals surface area contributed by atoms with Crippen molar-refractivity contribution in [3.63, 3.8) is 0 Å². The lowest BCUT2D eigenvalue weighted by molar-refractivity contribution is 0.540. The van der Waals surface area contributed by atoms with Crippen molar-refractivity contribution in [3.05, 3.63) is 0 Å². The SMILES string of the molecule is NC(N)=NCCCCCCCCCNCCCCCCCN=C(N)N. The molecule has 0 heterocycles. The molecule has 0 rings (SSSR count). The second-order valence-corrected chi connectivity index (χ2v) is 6.61. The van der Waals surface area contributed by atoms with Crippen LogP contribution in [0.15, 0.2) is 9.98 Å². The molecule has 9 N–H and O–H groups in total. The van der Waals surface area contributed by atoms with Gasteiger partial charge in [0.25, 0.3) is 0 Å². The second-order valence-electron chi connectivity index (χ2n) is 6.61. The van der Waals surface area contributed by atoms with Crippen molar-refractivity contribution in [1.82, 2.24) is 5.32 Å². The highest BCUT2D eigenvalue weighted by molar-refractivity contribution is 5.75. The summed E-state index contributed by atoms with van der Waals surface area (Å²) in [6, 6.07) is 0. The number of unbranched alkanes of at least 4 members (excludes halogenated alkanes) is 10. The molecular formula is C18H41N7. The van der Waals surface area contributed by atoms with Gasteiger partial charge in [0.2, 0.25) is 0 Å². The maximum atomic E-state index is 5.28. The summed E-state index contributed by atoms with van der Waals surface area (Å²) < 4.78 is 0. The van der Waals surface area contributed by atoms with E-state index in [4.69, 9.17) is 22.9 Å². The smallest absolute Gasteiger partial charge is 0.185 e. The zero-order chi connectivity index (χ0) is 18.6. The van der Waals surface area contributed by atoms with Gasteiger partial charge >= 0.3 is 0 Å². The fourth-order valence-corrected chi connectivity index (χ4v) is 2.68. The molecular weight excluding hydrogens is 314 g/mol. The van der Waals surface area contributed by atoms with E-state index in [0.29, 0.717) is 0 Å². The van der Waals surface area contributed by atoms with Crippen molar-refractivity contribution >= 4 is 11.9 Å². The van der Waals surface area contributed by atoms with E-state index in [1.165, 1.54) is 64.2 Å². The van der Waals surface area contributed by atoms with Crippen LogP contribution in [0, 0.1) is 0 Å². The van der Waals surface area contributed by atoms with Gasteiger partial charge in [-0.15, -0.1) is 0 Å². The number of hydrogen-bond acceptors (Lipinski definition) is 3. The Morgan fingerprint density at radius 1 is 0.480 bits per heavy atom. The standard InChI is InChI=1S/C18H41N7/c19-17(20)24-15-11-7-3-1-2-5-9-13-23-14-10-6-4-8-12-16-25-18(21)22/h23H,1-16H2,(H4,19,20,24)(H4,21,22,25). The molecule has 0 saturated heterocycles. The number of guanidine groups is 2. The summed E-state index contributed by atoms with van der Waals surface area (Å²) in [5.74, 6) is 0.405. The van der Waals surface area contributed by atoms with E-state index in [-0.39, 0.29) is 11.9 Å². The van der Waals surface area contributed by atoms with E-state index in [9.17, 15) is 0 Å². The van der Waals surface area contributed by atoms with Gasteiger partial charge in [0.05, 0.1) is 0 Å². The highest BCUT2D eigenvalue weighted by Gasteiger charge is 1.94. The largest absolute Gasteiger partial charge is 0.370 e. The minimum absolute atomic E-state index is 0.201. The first kappa shape index (κ1) is 23.5. The van der Waals surface area contributed by atoms with E-state index >= 15 is 0 Å². The zero-order valence-electron chi connectivity index (χ0n) is 16.0. The van der Waals surface area contributed by atoms with Crippen molar-refractivity contribution in [2.24, 2.45) is 32.9 Å². The van der Waals surface area contributed by atoms with Gasteiger partial charge < -0.3 is 28.3 Å². The van der Waals surface area contributed by atoms with Gasteiger partial charge in [0, 0.05) is 13.1 Å². The lowest BCUT2D eigenvalue weighted by Gasteiger charge is -2.05. The first-order valence-electron chi connectivity index (χ1n) is 9.94. The molecule has 0 unspecified atom stereocenters. The second kappa shape index (κ2) is 18.8. The first-order chi connectivity index (χ1) is 12.1. The van der Waals surface area contributed by atoms with Crippen LogP contribution in [-0.2, 0) is 0 Å². The summed E-state index contributed by atoms with van der Waals surface area (Å²) in [7, 11) is 0. The average molecular weight is 356 g/mol. The summed E-state index contributed by atoms with van der Waals surface area (Å²) in [6.45, 7) is 3.81. The van der Waals surface area contributed by atoms with Gasteiger partial charge in [-0.2, -0.15) is 0 Å². The molecule has 0 bridgehead atoms. The predicted octanol–water partition coefficient (Wildman–Crippen LogP) is 1.80. The maximum absolute atomic E-state index is 5.28. The highest BCUT2D eigenvalue weighted by Crippen LogP contribution is 2.07. The Balaban J connectivity index is 3.05. The van der Waals surface area contributed by atoms with Crippen LogP contribution >= 0.6 is 0 Å². The molecule has 0 aliphatic rings. The normalized spacial score (nSPS) is 10.6. The number of hydrogen-bond donors (Lipinski definition) is 5. The van der Waals surface area contributed by atoms with Gasteiger partial charge in [-0.3, -0.25) is 9.98 Å². The Morgan fingerprint density at radius 2 is 0.800 bits per heavy atom. The van der Waals surface area contributed by atoms with Crippen LogP contribution in [-0.4, -0.2) is 38.1 Å². The fourth-order valence-electron chi connectivity index (χ4n) is 2.68. The number of nitrogens with one attached hydrogen (secondary N) is 1. The Labute approximate surface area is 154 Å². The van der Waals surface area contributed by atoms with Gasteiger partial charge in [0.1, 0.15) is 0 Å². The van der Waals surface area contributed by atoms with E-state index in [0.717, 1.165) is 39.0 Å². The molecule has 0 aliphatic heterocycles. The Bertz CT molecular complexity index is 302. The van der Waals surface area contributed by atoms with E-state index < -0.39 is 0 Å². The lowest BCUT2D eigenvalue weighted by Crippen LogP contribution is -2.22. The molecule has 0 aromatic heterocycles. The third-order valence-corrected chi connectivity index (χ3v) is 4.11. The van der Waals surface area contributed by atoms with Crippen LogP contribution in [0.4, 0.5) is 0 Å². The average Bonchev–Trinajstić information content (AvgIpc) is 2.56. The van der Waals surface area contributed by atoms with Crippen LogP contribution in [0.3, 0.4) is 0 Å². The molecule has 0 radical (unpaired) electrons. The van der Waals surface area contributed by atoms with E-state index in [2.05, 4.69) is 15.3 Å². The minimum Gasteiger partial charge on any atom is -0.370 e. The molecule has 0 aliphatic carbocycles. The lowest BCUT2D eigenvalue weighted by atomic mass is 10.1. The monoisotopic (exact) mass is 355 g/mol. The van der Waals surface area contributed by atoms with Gasteiger partial charge in [-0.1, -0.05) is 51.4 Å². The summed E-state index contributed by atoms with van der Waals surface area (Å²) in [5, 5.41) is 3.54. The summed E-state index contributed by atoms with van der Waals surface area (Å²) in [4.78, 5) is 7.97. The van der Waals surface area contributed by atoms with Crippen molar-refractivity contribution in [3.8, 4) is 0 Å². The molecule has 7 nitrogen and oxygen atoms in total. The Kier molecular flexibility index (Phi) is 17.7. The first-order valence-corrected chi connectivity index (χ1v) is 9.94. The highest BCUT2D eigenvalue weighted by atomic mass is 15.0. The van der Waals surface area contributed by atoms with Crippen LogP contribution in [0.2, 0.25) is 0 Å². The zero-order valence-corrected chi connectivity index (χ0v) is 16.0. The molecule has 0 fully saturated rings. The number of nitrogens with zero attached hydrogens (tertiary/aromatic N) is 2. The van der Waals surface area contributed by atoms with Crippen LogP contribution in [0.1, 0.15) is 77.0 Å². The fraction of sp³-hybridized carbons (Fsp3) is 0.889. The molecule has 0 amide bonds.